The second kappa shape index (κ2) is 7.43. The number of benzene rings is 1. The predicted octanol–water partition coefficient (Wildman–Crippen LogP) is 4.13. The van der Waals surface area contributed by atoms with E-state index in [-0.39, 0.29) is 5.91 Å². The third-order valence-electron chi connectivity index (χ3n) is 3.16. The van der Waals surface area contributed by atoms with E-state index < -0.39 is 0 Å². The molecule has 2 N–H and O–H groups in total. The lowest BCUT2D eigenvalue weighted by Crippen LogP contribution is -2.11. The van der Waals surface area contributed by atoms with E-state index in [1.54, 1.807) is 12.3 Å². The topological polar surface area (TPSA) is 54.0 Å². The Kier molecular flexibility index (Phi) is 5.32. The summed E-state index contributed by atoms with van der Waals surface area (Å²) in [6, 6.07) is 12.0. The number of aryl methyl sites for hydroxylation is 1. The van der Waals surface area contributed by atoms with E-state index in [4.69, 9.17) is 0 Å². The molecule has 4 heteroatoms. The first-order chi connectivity index (χ1) is 10.2. The third kappa shape index (κ3) is 4.60. The lowest BCUT2D eigenvalue weighted by atomic mass is 10.1. The molecule has 1 heterocycles. The molecule has 0 atom stereocenters. The molecule has 0 aliphatic heterocycles. The Morgan fingerprint density at radius 2 is 1.76 bits per heavy atom. The molecule has 0 aliphatic carbocycles. The molecule has 0 bridgehead atoms. The van der Waals surface area contributed by atoms with E-state index in [0.717, 1.165) is 24.2 Å². The minimum atomic E-state index is 0.000800. The smallest absolute Gasteiger partial charge is 0.225 e. The molecule has 0 unspecified atom stereocenters. The number of pyridine rings is 1. The SMILES string of the molecule is CCCC(=O)Nc1ccc(Nc2ccc(CC)cc2)cn1. The molecule has 1 amide bonds. The van der Waals surface area contributed by atoms with Gasteiger partial charge in [-0.2, -0.15) is 0 Å². The van der Waals surface area contributed by atoms with Crippen LogP contribution in [0.3, 0.4) is 0 Å². The van der Waals surface area contributed by atoms with Gasteiger partial charge in [-0.3, -0.25) is 4.79 Å². The van der Waals surface area contributed by atoms with Crippen molar-refractivity contribution in [2.75, 3.05) is 10.6 Å². The minimum absolute atomic E-state index is 0.000800. The Morgan fingerprint density at radius 3 is 2.33 bits per heavy atom. The molecule has 4 nitrogen and oxygen atoms in total. The van der Waals surface area contributed by atoms with E-state index in [1.807, 2.05) is 13.0 Å². The minimum Gasteiger partial charge on any atom is -0.354 e. The molecule has 0 saturated carbocycles. The maximum Gasteiger partial charge on any atom is 0.225 e. The van der Waals surface area contributed by atoms with Gasteiger partial charge in [0.05, 0.1) is 11.9 Å². The summed E-state index contributed by atoms with van der Waals surface area (Å²) in [6.45, 7) is 4.11. The molecule has 0 aliphatic rings. The maximum atomic E-state index is 11.5. The fraction of sp³-hybridized carbons (Fsp3) is 0.294. The molecule has 110 valence electrons. The second-order valence-corrected chi connectivity index (χ2v) is 4.91. The number of hydrogen-bond acceptors (Lipinski definition) is 3. The van der Waals surface area contributed by atoms with Crippen molar-refractivity contribution in [2.45, 2.75) is 33.1 Å². The van der Waals surface area contributed by atoms with Crippen LogP contribution in [0.2, 0.25) is 0 Å². The summed E-state index contributed by atoms with van der Waals surface area (Å²) in [4.78, 5) is 15.7. The molecular weight excluding hydrogens is 262 g/mol. The van der Waals surface area contributed by atoms with Gasteiger partial charge in [-0.25, -0.2) is 4.98 Å². The zero-order chi connectivity index (χ0) is 15.1. The number of carbonyl (C=O) groups is 1. The summed E-state index contributed by atoms with van der Waals surface area (Å²) < 4.78 is 0. The van der Waals surface area contributed by atoms with Crippen molar-refractivity contribution in [1.29, 1.82) is 0 Å². The van der Waals surface area contributed by atoms with Crippen LogP contribution in [0.5, 0.6) is 0 Å². The van der Waals surface area contributed by atoms with E-state index in [1.165, 1.54) is 5.56 Å². The highest BCUT2D eigenvalue weighted by Gasteiger charge is 2.02. The van der Waals surface area contributed by atoms with Crippen LogP contribution in [0.15, 0.2) is 42.6 Å². The molecule has 1 aromatic heterocycles. The van der Waals surface area contributed by atoms with Crippen molar-refractivity contribution >= 4 is 23.1 Å². The van der Waals surface area contributed by atoms with E-state index in [2.05, 4.69) is 46.8 Å². The first kappa shape index (κ1) is 15.0. The van der Waals surface area contributed by atoms with Crippen LogP contribution in [-0.4, -0.2) is 10.9 Å². The normalized spacial score (nSPS) is 10.2. The van der Waals surface area contributed by atoms with Crippen LogP contribution in [-0.2, 0) is 11.2 Å². The van der Waals surface area contributed by atoms with Gasteiger partial charge in [-0.1, -0.05) is 26.0 Å². The second-order valence-electron chi connectivity index (χ2n) is 4.91. The number of aromatic nitrogens is 1. The number of nitrogens with one attached hydrogen (secondary N) is 2. The van der Waals surface area contributed by atoms with Gasteiger partial charge in [0.25, 0.3) is 0 Å². The zero-order valence-corrected chi connectivity index (χ0v) is 12.5. The molecule has 0 radical (unpaired) electrons. The molecule has 21 heavy (non-hydrogen) atoms. The van der Waals surface area contributed by atoms with Gasteiger partial charge in [0.2, 0.25) is 5.91 Å². The lowest BCUT2D eigenvalue weighted by Gasteiger charge is -2.08. The molecule has 2 rings (SSSR count). The lowest BCUT2D eigenvalue weighted by molar-refractivity contribution is -0.116. The number of carbonyl (C=O) groups excluding carboxylic acids is 1. The average molecular weight is 283 g/mol. The van der Waals surface area contributed by atoms with Crippen molar-refractivity contribution in [3.63, 3.8) is 0 Å². The fourth-order valence-electron chi connectivity index (χ4n) is 1.96. The Morgan fingerprint density at radius 1 is 1.05 bits per heavy atom. The van der Waals surface area contributed by atoms with Crippen LogP contribution in [0, 0.1) is 0 Å². The van der Waals surface area contributed by atoms with Crippen LogP contribution >= 0.6 is 0 Å². The quantitative estimate of drug-likeness (QED) is 0.838. The summed E-state index contributed by atoms with van der Waals surface area (Å²) in [5.41, 5.74) is 3.23. The molecule has 0 fully saturated rings. The van der Waals surface area contributed by atoms with Crippen molar-refractivity contribution < 1.29 is 4.79 Å². The van der Waals surface area contributed by atoms with Crippen LogP contribution in [0.4, 0.5) is 17.2 Å². The van der Waals surface area contributed by atoms with Gasteiger partial charge < -0.3 is 10.6 Å². The number of anilines is 3. The van der Waals surface area contributed by atoms with Crippen molar-refractivity contribution in [1.82, 2.24) is 4.98 Å². The Balaban J connectivity index is 1.96. The first-order valence-corrected chi connectivity index (χ1v) is 7.33. The number of nitrogens with zero attached hydrogens (tertiary/aromatic N) is 1. The highest BCUT2D eigenvalue weighted by atomic mass is 16.1. The van der Waals surface area contributed by atoms with Crippen molar-refractivity contribution in [2.24, 2.45) is 0 Å². The summed E-state index contributed by atoms with van der Waals surface area (Å²) in [6.07, 6.45) is 4.11. The van der Waals surface area contributed by atoms with E-state index in [9.17, 15) is 4.79 Å². The highest BCUT2D eigenvalue weighted by molar-refractivity contribution is 5.89. The van der Waals surface area contributed by atoms with Crippen molar-refractivity contribution in [3.05, 3.63) is 48.2 Å². The van der Waals surface area contributed by atoms with Gasteiger partial charge in [-0.05, 0) is 42.7 Å². The van der Waals surface area contributed by atoms with Crippen LogP contribution < -0.4 is 10.6 Å². The molecular formula is C17H21N3O. The van der Waals surface area contributed by atoms with Gasteiger partial charge >= 0.3 is 0 Å². The number of hydrogen-bond donors (Lipinski definition) is 2. The van der Waals surface area contributed by atoms with Gasteiger partial charge in [0.15, 0.2) is 0 Å². The van der Waals surface area contributed by atoms with Crippen LogP contribution in [0.1, 0.15) is 32.3 Å². The molecule has 2 aromatic rings. The van der Waals surface area contributed by atoms with Crippen molar-refractivity contribution in [3.8, 4) is 0 Å². The number of amides is 1. The Bertz CT molecular complexity index is 576. The maximum absolute atomic E-state index is 11.5. The Hall–Kier alpha value is -2.36. The highest BCUT2D eigenvalue weighted by Crippen LogP contribution is 2.18. The summed E-state index contributed by atoms with van der Waals surface area (Å²) >= 11 is 0. The summed E-state index contributed by atoms with van der Waals surface area (Å²) in [7, 11) is 0. The Labute approximate surface area is 125 Å². The zero-order valence-electron chi connectivity index (χ0n) is 12.5. The molecule has 0 spiro atoms. The number of rotatable bonds is 6. The molecule has 0 saturated heterocycles. The van der Waals surface area contributed by atoms with Gasteiger partial charge in [-0.15, -0.1) is 0 Å². The first-order valence-electron chi connectivity index (χ1n) is 7.33. The van der Waals surface area contributed by atoms with Crippen LogP contribution in [0.25, 0.3) is 0 Å². The largest absolute Gasteiger partial charge is 0.354 e. The summed E-state index contributed by atoms with van der Waals surface area (Å²) in [5, 5.41) is 6.06. The average Bonchev–Trinajstić information content (AvgIpc) is 2.50. The third-order valence-corrected chi connectivity index (χ3v) is 3.16. The molecule has 1 aromatic carbocycles. The standard InChI is InChI=1S/C17H21N3O/c1-3-5-17(21)20-16-11-10-15(12-18-16)19-14-8-6-13(4-2)7-9-14/h6-12,19H,3-5H2,1-2H3,(H,18,20,21). The monoisotopic (exact) mass is 283 g/mol. The van der Waals surface area contributed by atoms with E-state index in [0.29, 0.717) is 12.2 Å². The van der Waals surface area contributed by atoms with E-state index >= 15 is 0 Å². The predicted molar refractivity (Wildman–Crippen MR) is 86.9 cm³/mol. The fourth-order valence-corrected chi connectivity index (χ4v) is 1.96. The van der Waals surface area contributed by atoms with Gasteiger partial charge in [0.1, 0.15) is 5.82 Å². The van der Waals surface area contributed by atoms with Gasteiger partial charge in [0, 0.05) is 12.1 Å². The summed E-state index contributed by atoms with van der Waals surface area (Å²) in [5.74, 6) is 0.584.